The zero-order valence-electron chi connectivity index (χ0n) is 11.2. The Balaban J connectivity index is 1.77. The van der Waals surface area contributed by atoms with Crippen LogP contribution in [0.5, 0.6) is 0 Å². The molecule has 0 spiro atoms. The van der Waals surface area contributed by atoms with Crippen LogP contribution in [0.25, 0.3) is 0 Å². The smallest absolute Gasteiger partial charge is 0.264 e. The van der Waals surface area contributed by atoms with Crippen LogP contribution in [-0.4, -0.2) is 28.7 Å². The van der Waals surface area contributed by atoms with Gasteiger partial charge in [-0.2, -0.15) is 0 Å². The molecule has 1 aromatic heterocycles. The number of aryl methyl sites for hydroxylation is 2. The van der Waals surface area contributed by atoms with E-state index in [0.29, 0.717) is 6.04 Å². The molecule has 1 unspecified atom stereocenters. The van der Waals surface area contributed by atoms with Crippen molar-refractivity contribution in [3.63, 3.8) is 0 Å². The van der Waals surface area contributed by atoms with Crippen molar-refractivity contribution in [2.24, 2.45) is 0 Å². The Kier molecular flexibility index (Phi) is 4.27. The van der Waals surface area contributed by atoms with Gasteiger partial charge in [-0.25, -0.2) is 0 Å². The van der Waals surface area contributed by atoms with Crippen LogP contribution in [0.1, 0.15) is 52.2 Å². The zero-order valence-corrected chi connectivity index (χ0v) is 13.6. The molecule has 0 radical (unpaired) electrons. The summed E-state index contributed by atoms with van der Waals surface area (Å²) >= 11 is 5.26. The highest BCUT2D eigenvalue weighted by Crippen LogP contribution is 2.32. The number of hydrogen-bond acceptors (Lipinski definition) is 2. The van der Waals surface area contributed by atoms with Gasteiger partial charge in [0.2, 0.25) is 0 Å². The molecule has 0 saturated carbocycles. The van der Waals surface area contributed by atoms with Gasteiger partial charge in [0.05, 0.1) is 4.88 Å². The Hall–Kier alpha value is -0.350. The molecule has 1 aromatic rings. The molecule has 0 aromatic carbocycles. The Bertz CT molecular complexity index is 447. The van der Waals surface area contributed by atoms with Gasteiger partial charge in [0, 0.05) is 22.8 Å². The van der Waals surface area contributed by atoms with Crippen LogP contribution in [0.4, 0.5) is 0 Å². The molecule has 1 aliphatic heterocycles. The molecule has 1 aliphatic carbocycles. The van der Waals surface area contributed by atoms with E-state index in [9.17, 15) is 4.79 Å². The van der Waals surface area contributed by atoms with E-state index in [1.165, 1.54) is 42.5 Å². The third-order valence-electron chi connectivity index (χ3n) is 4.29. The summed E-state index contributed by atoms with van der Waals surface area (Å²) in [6.45, 7) is 0.944. The topological polar surface area (TPSA) is 20.3 Å². The van der Waals surface area contributed by atoms with Crippen LogP contribution in [0.15, 0.2) is 6.07 Å². The fourth-order valence-corrected chi connectivity index (χ4v) is 5.01. The SMILES string of the molecule is O=C(c1cc2c(s1)CCC2)N1CCCCC1CCBr. The molecule has 1 saturated heterocycles. The minimum atomic E-state index is 0.282. The number of thiophene rings is 1. The van der Waals surface area contributed by atoms with Crippen molar-refractivity contribution in [1.29, 1.82) is 0 Å². The van der Waals surface area contributed by atoms with E-state index in [-0.39, 0.29) is 5.91 Å². The first kappa shape index (κ1) is 13.6. The van der Waals surface area contributed by atoms with Crippen molar-refractivity contribution in [2.75, 3.05) is 11.9 Å². The highest BCUT2D eigenvalue weighted by Gasteiger charge is 2.29. The van der Waals surface area contributed by atoms with Crippen LogP contribution in [0.2, 0.25) is 0 Å². The van der Waals surface area contributed by atoms with Gasteiger partial charge in [-0.05, 0) is 56.6 Å². The molecule has 1 amide bonds. The molecule has 1 atom stereocenters. The molecule has 104 valence electrons. The molecule has 2 aliphatic rings. The maximum atomic E-state index is 12.7. The maximum Gasteiger partial charge on any atom is 0.264 e. The largest absolute Gasteiger partial charge is 0.335 e. The number of fused-ring (bicyclic) bond motifs is 1. The molecule has 0 bridgehead atoms. The quantitative estimate of drug-likeness (QED) is 0.760. The van der Waals surface area contributed by atoms with Crippen molar-refractivity contribution in [1.82, 2.24) is 4.90 Å². The van der Waals surface area contributed by atoms with Gasteiger partial charge in [0.15, 0.2) is 0 Å². The van der Waals surface area contributed by atoms with Crippen LogP contribution in [0, 0.1) is 0 Å². The first-order valence-corrected chi connectivity index (χ1v) is 9.22. The lowest BCUT2D eigenvalue weighted by Gasteiger charge is -2.35. The first-order chi connectivity index (χ1) is 9.29. The summed E-state index contributed by atoms with van der Waals surface area (Å²) in [5.74, 6) is 0.282. The van der Waals surface area contributed by atoms with E-state index in [4.69, 9.17) is 0 Å². The Morgan fingerprint density at radius 2 is 2.26 bits per heavy atom. The third kappa shape index (κ3) is 2.75. The monoisotopic (exact) mass is 341 g/mol. The van der Waals surface area contributed by atoms with E-state index < -0.39 is 0 Å². The number of halogens is 1. The van der Waals surface area contributed by atoms with Crippen molar-refractivity contribution < 1.29 is 4.79 Å². The molecule has 4 heteroatoms. The van der Waals surface area contributed by atoms with Crippen molar-refractivity contribution in [3.8, 4) is 0 Å². The van der Waals surface area contributed by atoms with Gasteiger partial charge in [-0.15, -0.1) is 11.3 Å². The standard InChI is InChI=1S/C15H20BrNOS/c16-8-7-12-5-1-2-9-17(12)15(18)14-10-11-4-3-6-13(11)19-14/h10,12H,1-9H2. The predicted molar refractivity (Wildman–Crippen MR) is 83.4 cm³/mol. The number of nitrogens with zero attached hydrogens (tertiary/aromatic N) is 1. The molecule has 2 nitrogen and oxygen atoms in total. The minimum absolute atomic E-state index is 0.282. The summed E-state index contributed by atoms with van der Waals surface area (Å²) < 4.78 is 0. The maximum absolute atomic E-state index is 12.7. The Morgan fingerprint density at radius 3 is 3.05 bits per heavy atom. The minimum Gasteiger partial charge on any atom is -0.335 e. The Labute approximate surface area is 127 Å². The van der Waals surface area contributed by atoms with E-state index >= 15 is 0 Å². The average Bonchev–Trinajstić information content (AvgIpc) is 2.99. The normalized spacial score (nSPS) is 22.6. The predicted octanol–water partition coefficient (Wildman–Crippen LogP) is 4.02. The summed E-state index contributed by atoms with van der Waals surface area (Å²) in [5.41, 5.74) is 1.43. The molecule has 0 N–H and O–H groups in total. The number of alkyl halides is 1. The van der Waals surface area contributed by atoms with E-state index in [0.717, 1.165) is 29.6 Å². The number of amides is 1. The zero-order chi connectivity index (χ0) is 13.2. The molecule has 19 heavy (non-hydrogen) atoms. The second-order valence-electron chi connectivity index (χ2n) is 5.54. The lowest BCUT2D eigenvalue weighted by molar-refractivity contribution is 0.0615. The second kappa shape index (κ2) is 5.96. The molecular formula is C15H20BrNOS. The summed E-state index contributed by atoms with van der Waals surface area (Å²) in [7, 11) is 0. The molecular weight excluding hydrogens is 322 g/mol. The van der Waals surface area contributed by atoms with Crippen LogP contribution in [-0.2, 0) is 12.8 Å². The van der Waals surface area contributed by atoms with Crippen molar-refractivity contribution in [2.45, 2.75) is 51.0 Å². The fourth-order valence-electron chi connectivity index (χ4n) is 3.27. The van der Waals surface area contributed by atoms with Gasteiger partial charge in [-0.3, -0.25) is 4.79 Å². The molecule has 3 rings (SSSR count). The summed E-state index contributed by atoms with van der Waals surface area (Å²) in [6, 6.07) is 2.60. The van der Waals surface area contributed by atoms with Crippen LogP contribution in [0.3, 0.4) is 0 Å². The van der Waals surface area contributed by atoms with Gasteiger partial charge in [0.1, 0.15) is 0 Å². The number of likely N-dealkylation sites (tertiary alicyclic amines) is 1. The first-order valence-electron chi connectivity index (χ1n) is 7.28. The highest BCUT2D eigenvalue weighted by atomic mass is 79.9. The van der Waals surface area contributed by atoms with Crippen molar-refractivity contribution >= 4 is 33.2 Å². The average molecular weight is 342 g/mol. The van der Waals surface area contributed by atoms with E-state index in [1.807, 2.05) is 0 Å². The molecule has 1 fully saturated rings. The summed E-state index contributed by atoms with van der Waals surface area (Å²) in [6.07, 6.45) is 8.30. The lowest BCUT2D eigenvalue weighted by Crippen LogP contribution is -2.43. The highest BCUT2D eigenvalue weighted by molar-refractivity contribution is 9.09. The van der Waals surface area contributed by atoms with Gasteiger partial charge >= 0.3 is 0 Å². The second-order valence-corrected chi connectivity index (χ2v) is 7.47. The number of piperidine rings is 1. The third-order valence-corrected chi connectivity index (χ3v) is 5.97. The number of hydrogen-bond donors (Lipinski definition) is 0. The van der Waals surface area contributed by atoms with Crippen LogP contribution < -0.4 is 0 Å². The van der Waals surface area contributed by atoms with E-state index in [2.05, 4.69) is 26.9 Å². The van der Waals surface area contributed by atoms with Gasteiger partial charge < -0.3 is 4.90 Å². The van der Waals surface area contributed by atoms with Crippen LogP contribution >= 0.6 is 27.3 Å². The Morgan fingerprint density at radius 1 is 1.37 bits per heavy atom. The summed E-state index contributed by atoms with van der Waals surface area (Å²) in [4.78, 5) is 17.3. The van der Waals surface area contributed by atoms with Gasteiger partial charge in [-0.1, -0.05) is 15.9 Å². The summed E-state index contributed by atoms with van der Waals surface area (Å²) in [5, 5.41) is 0.988. The van der Waals surface area contributed by atoms with E-state index in [1.54, 1.807) is 11.3 Å². The molecule has 2 heterocycles. The van der Waals surface area contributed by atoms with Gasteiger partial charge in [0.25, 0.3) is 5.91 Å². The van der Waals surface area contributed by atoms with Crippen molar-refractivity contribution in [3.05, 3.63) is 21.4 Å². The fraction of sp³-hybridized carbons (Fsp3) is 0.667. The lowest BCUT2D eigenvalue weighted by atomic mass is 10.00. The number of carbonyl (C=O) groups excluding carboxylic acids is 1. The number of carbonyl (C=O) groups is 1. The number of rotatable bonds is 3.